The van der Waals surface area contributed by atoms with Crippen LogP contribution in [0.15, 0.2) is 0 Å². The average molecular weight is 126 g/mol. The molecule has 0 N–H and O–H groups in total. The third-order valence-electron chi connectivity index (χ3n) is 3.27. The van der Waals surface area contributed by atoms with Crippen molar-refractivity contribution in [3.63, 3.8) is 0 Å². The molecule has 0 atom stereocenters. The van der Waals surface area contributed by atoms with Crippen molar-refractivity contribution in [1.29, 1.82) is 0 Å². The Balaban J connectivity index is 2.59. The topological polar surface area (TPSA) is 0 Å². The van der Waals surface area contributed by atoms with E-state index < -0.39 is 0 Å². The lowest BCUT2D eigenvalue weighted by Gasteiger charge is -2.49. The van der Waals surface area contributed by atoms with Crippen molar-refractivity contribution in [3.8, 4) is 0 Å². The highest BCUT2D eigenvalue weighted by Gasteiger charge is 2.41. The van der Waals surface area contributed by atoms with Gasteiger partial charge in [0.05, 0.1) is 0 Å². The van der Waals surface area contributed by atoms with Crippen LogP contribution < -0.4 is 0 Å². The molecule has 0 aromatic rings. The van der Waals surface area contributed by atoms with Gasteiger partial charge in [-0.05, 0) is 23.7 Å². The van der Waals surface area contributed by atoms with E-state index in [1.807, 2.05) is 0 Å². The van der Waals surface area contributed by atoms with Gasteiger partial charge in [-0.3, -0.25) is 0 Å². The lowest BCUT2D eigenvalue weighted by Crippen LogP contribution is -2.38. The van der Waals surface area contributed by atoms with Crippen molar-refractivity contribution in [2.45, 2.75) is 47.0 Å². The molecule has 0 nitrogen and oxygen atoms in total. The van der Waals surface area contributed by atoms with E-state index in [1.165, 1.54) is 19.3 Å². The Morgan fingerprint density at radius 2 is 1.56 bits per heavy atom. The minimum atomic E-state index is 0.533. The summed E-state index contributed by atoms with van der Waals surface area (Å²) in [6.07, 6.45) is 4.33. The molecule has 1 rings (SSSR count). The smallest absolute Gasteiger partial charge is 0.0277 e. The average Bonchev–Trinajstić information content (AvgIpc) is 1.57. The first-order valence-corrected chi connectivity index (χ1v) is 3.96. The summed E-state index contributed by atoms with van der Waals surface area (Å²) in [5, 5.41) is 0. The first-order valence-electron chi connectivity index (χ1n) is 3.96. The summed E-state index contributed by atoms with van der Waals surface area (Å²) >= 11 is 0. The van der Waals surface area contributed by atoms with Crippen molar-refractivity contribution in [2.75, 3.05) is 0 Å². The Bertz CT molecular complexity index is 102. The molecule has 9 heavy (non-hydrogen) atoms. The summed E-state index contributed by atoms with van der Waals surface area (Å²) in [6.45, 7) is 9.47. The minimum Gasteiger partial charge on any atom is -0.0597 e. The quantitative estimate of drug-likeness (QED) is 0.467. The van der Waals surface area contributed by atoms with Crippen molar-refractivity contribution < 1.29 is 0 Å². The van der Waals surface area contributed by atoms with Crippen LogP contribution in [0.25, 0.3) is 0 Å². The normalized spacial score (nSPS) is 25.3. The van der Waals surface area contributed by atoms with Gasteiger partial charge in [-0.15, -0.1) is 0 Å². The first kappa shape index (κ1) is 7.11. The zero-order chi connectivity index (χ0) is 7.12. The molecular weight excluding hydrogens is 108 g/mol. The largest absolute Gasteiger partial charge is 0.0597 e. The number of hydrogen-bond acceptors (Lipinski definition) is 0. The lowest BCUT2D eigenvalue weighted by molar-refractivity contribution is 0.0176. The van der Waals surface area contributed by atoms with Crippen molar-refractivity contribution in [1.82, 2.24) is 0 Å². The standard InChI is InChI=1S/C9H18/c1-8(2,3)9(4)6-5-7-9/h5-7H2,1-4H3. The Labute approximate surface area is 58.7 Å². The summed E-state index contributed by atoms with van der Waals surface area (Å²) in [7, 11) is 0. The zero-order valence-corrected chi connectivity index (χ0v) is 7.12. The van der Waals surface area contributed by atoms with Crippen LogP contribution >= 0.6 is 0 Å². The molecule has 0 heterocycles. The Kier molecular flexibility index (Phi) is 1.38. The Morgan fingerprint density at radius 3 is 1.56 bits per heavy atom. The molecule has 0 aromatic carbocycles. The van der Waals surface area contributed by atoms with Crippen LogP contribution in [0.4, 0.5) is 0 Å². The second kappa shape index (κ2) is 1.74. The van der Waals surface area contributed by atoms with Gasteiger partial charge < -0.3 is 0 Å². The van der Waals surface area contributed by atoms with Crippen LogP contribution in [0.5, 0.6) is 0 Å². The van der Waals surface area contributed by atoms with E-state index in [2.05, 4.69) is 27.7 Å². The lowest BCUT2D eigenvalue weighted by atomic mass is 9.56. The Hall–Kier alpha value is 0. The maximum Gasteiger partial charge on any atom is -0.0277 e. The van der Waals surface area contributed by atoms with Crippen LogP contribution in [0.1, 0.15) is 47.0 Å². The zero-order valence-electron chi connectivity index (χ0n) is 7.12. The summed E-state index contributed by atoms with van der Waals surface area (Å²) in [4.78, 5) is 0. The molecule has 0 amide bonds. The SMILES string of the molecule is CC(C)(C)C1(C)CCC1. The highest BCUT2D eigenvalue weighted by atomic mass is 14.5. The fourth-order valence-electron chi connectivity index (χ4n) is 1.46. The van der Waals surface area contributed by atoms with Crippen LogP contribution in [0.2, 0.25) is 0 Å². The number of hydrogen-bond donors (Lipinski definition) is 0. The van der Waals surface area contributed by atoms with E-state index in [9.17, 15) is 0 Å². The van der Waals surface area contributed by atoms with Gasteiger partial charge in [0, 0.05) is 0 Å². The van der Waals surface area contributed by atoms with Gasteiger partial charge in [0.15, 0.2) is 0 Å². The molecule has 1 fully saturated rings. The molecule has 0 radical (unpaired) electrons. The molecule has 0 heteroatoms. The van der Waals surface area contributed by atoms with E-state index in [0.29, 0.717) is 10.8 Å². The molecule has 0 aliphatic heterocycles. The molecule has 0 aromatic heterocycles. The maximum atomic E-state index is 2.41. The fourth-order valence-corrected chi connectivity index (χ4v) is 1.46. The molecule has 0 bridgehead atoms. The van der Waals surface area contributed by atoms with Crippen molar-refractivity contribution in [2.24, 2.45) is 10.8 Å². The van der Waals surface area contributed by atoms with E-state index >= 15 is 0 Å². The monoisotopic (exact) mass is 126 g/mol. The second-order valence-corrected chi connectivity index (χ2v) is 4.66. The van der Waals surface area contributed by atoms with E-state index in [4.69, 9.17) is 0 Å². The van der Waals surface area contributed by atoms with Gasteiger partial charge >= 0.3 is 0 Å². The van der Waals surface area contributed by atoms with Crippen LogP contribution in [-0.2, 0) is 0 Å². The van der Waals surface area contributed by atoms with Crippen molar-refractivity contribution >= 4 is 0 Å². The molecule has 0 unspecified atom stereocenters. The van der Waals surface area contributed by atoms with E-state index in [-0.39, 0.29) is 0 Å². The van der Waals surface area contributed by atoms with Crippen LogP contribution in [0, 0.1) is 10.8 Å². The minimum absolute atomic E-state index is 0.533. The van der Waals surface area contributed by atoms with Gasteiger partial charge in [-0.2, -0.15) is 0 Å². The van der Waals surface area contributed by atoms with E-state index in [0.717, 1.165) is 0 Å². The van der Waals surface area contributed by atoms with Gasteiger partial charge in [-0.25, -0.2) is 0 Å². The molecule has 54 valence electrons. The fraction of sp³-hybridized carbons (Fsp3) is 1.00. The summed E-state index contributed by atoms with van der Waals surface area (Å²) in [5.74, 6) is 0. The van der Waals surface area contributed by atoms with Crippen molar-refractivity contribution in [3.05, 3.63) is 0 Å². The van der Waals surface area contributed by atoms with Crippen LogP contribution in [-0.4, -0.2) is 0 Å². The highest BCUT2D eigenvalue weighted by Crippen LogP contribution is 2.52. The molecule has 1 aliphatic rings. The predicted molar refractivity (Wildman–Crippen MR) is 41.4 cm³/mol. The summed E-state index contributed by atoms with van der Waals surface area (Å²) in [5.41, 5.74) is 1.19. The maximum absolute atomic E-state index is 2.41. The molecule has 1 aliphatic carbocycles. The molecule has 0 spiro atoms. The summed E-state index contributed by atoms with van der Waals surface area (Å²) < 4.78 is 0. The molecule has 0 saturated heterocycles. The Morgan fingerprint density at radius 1 is 1.11 bits per heavy atom. The molecular formula is C9H18. The third-order valence-corrected chi connectivity index (χ3v) is 3.27. The van der Waals surface area contributed by atoms with Gasteiger partial charge in [0.1, 0.15) is 0 Å². The van der Waals surface area contributed by atoms with Gasteiger partial charge in [-0.1, -0.05) is 34.1 Å². The van der Waals surface area contributed by atoms with E-state index in [1.54, 1.807) is 0 Å². The van der Waals surface area contributed by atoms with Gasteiger partial charge in [0.2, 0.25) is 0 Å². The number of rotatable bonds is 0. The predicted octanol–water partition coefficient (Wildman–Crippen LogP) is 3.22. The molecule has 1 saturated carbocycles. The summed E-state index contributed by atoms with van der Waals surface area (Å²) in [6, 6.07) is 0. The van der Waals surface area contributed by atoms with Gasteiger partial charge in [0.25, 0.3) is 0 Å². The first-order chi connectivity index (χ1) is 3.96. The highest BCUT2D eigenvalue weighted by molar-refractivity contribution is 4.92. The van der Waals surface area contributed by atoms with Crippen LogP contribution in [0.3, 0.4) is 0 Å². The third kappa shape index (κ3) is 0.997. The second-order valence-electron chi connectivity index (χ2n) is 4.66.